The van der Waals surface area contributed by atoms with Gasteiger partial charge in [0, 0.05) is 51.4 Å². The number of aryl methyl sites for hydroxylation is 1. The fourth-order valence-corrected chi connectivity index (χ4v) is 4.07. The van der Waals surface area contributed by atoms with E-state index in [9.17, 15) is 10.1 Å². The first-order valence-electron chi connectivity index (χ1n) is 11.3. The fourth-order valence-electron chi connectivity index (χ4n) is 4.07. The van der Waals surface area contributed by atoms with Crippen molar-refractivity contribution >= 4 is 16.7 Å². The highest BCUT2D eigenvalue weighted by Crippen LogP contribution is 2.29. The van der Waals surface area contributed by atoms with Crippen molar-refractivity contribution in [3.8, 4) is 17.8 Å². The van der Waals surface area contributed by atoms with Gasteiger partial charge in [-0.1, -0.05) is 0 Å². The Balaban J connectivity index is 1.58. The molecule has 178 valence electrons. The third-order valence-corrected chi connectivity index (χ3v) is 5.65. The standard InChI is InChI=1S/C24H28N6O4/c1-5-32-20-14-30(11-10-19(20)34-22-9-8-21(27-28-22)33-15(2)3)18-12-23(31)29(4)17-7-6-16(13-25)26-24(17)18/h6-9,12,15,19-20H,5,10-11,14H2,1-4H3/t19-,20+/m1/s1. The van der Waals surface area contributed by atoms with Crippen LogP contribution in [-0.4, -0.2) is 57.8 Å². The van der Waals surface area contributed by atoms with Gasteiger partial charge < -0.3 is 23.7 Å². The molecule has 0 radical (unpaired) electrons. The second-order valence-corrected chi connectivity index (χ2v) is 8.36. The van der Waals surface area contributed by atoms with E-state index in [1.165, 1.54) is 4.57 Å². The van der Waals surface area contributed by atoms with Crippen molar-refractivity contribution in [3.05, 3.63) is 46.4 Å². The highest BCUT2D eigenvalue weighted by atomic mass is 16.5. The van der Waals surface area contributed by atoms with E-state index in [4.69, 9.17) is 14.2 Å². The summed E-state index contributed by atoms with van der Waals surface area (Å²) in [6.45, 7) is 7.42. The number of anilines is 1. The van der Waals surface area contributed by atoms with Crippen LogP contribution >= 0.6 is 0 Å². The Morgan fingerprint density at radius 3 is 2.62 bits per heavy atom. The molecule has 34 heavy (non-hydrogen) atoms. The molecule has 10 nitrogen and oxygen atoms in total. The molecule has 0 spiro atoms. The lowest BCUT2D eigenvalue weighted by Gasteiger charge is -2.39. The van der Waals surface area contributed by atoms with E-state index in [1.807, 2.05) is 20.8 Å². The zero-order valence-corrected chi connectivity index (χ0v) is 19.8. The van der Waals surface area contributed by atoms with Gasteiger partial charge in [-0.2, -0.15) is 5.26 Å². The molecule has 0 aromatic carbocycles. The Hall–Kier alpha value is -3.71. The van der Waals surface area contributed by atoms with Crippen molar-refractivity contribution < 1.29 is 14.2 Å². The van der Waals surface area contributed by atoms with E-state index in [2.05, 4.69) is 26.2 Å². The molecule has 0 saturated carbocycles. The molecule has 1 fully saturated rings. The van der Waals surface area contributed by atoms with Crippen molar-refractivity contribution in [1.82, 2.24) is 19.7 Å². The molecule has 3 aromatic rings. The van der Waals surface area contributed by atoms with Crippen LogP contribution in [0.4, 0.5) is 5.69 Å². The third kappa shape index (κ3) is 4.94. The van der Waals surface area contributed by atoms with Gasteiger partial charge in [0.1, 0.15) is 29.5 Å². The van der Waals surface area contributed by atoms with E-state index in [0.717, 1.165) is 0 Å². The highest BCUT2D eigenvalue weighted by molar-refractivity contribution is 5.88. The van der Waals surface area contributed by atoms with Gasteiger partial charge >= 0.3 is 0 Å². The maximum absolute atomic E-state index is 12.6. The maximum atomic E-state index is 12.6. The summed E-state index contributed by atoms with van der Waals surface area (Å²) >= 11 is 0. The van der Waals surface area contributed by atoms with E-state index >= 15 is 0 Å². The third-order valence-electron chi connectivity index (χ3n) is 5.65. The molecule has 1 aliphatic rings. The molecule has 2 atom stereocenters. The van der Waals surface area contributed by atoms with Gasteiger partial charge in [0.05, 0.1) is 17.3 Å². The van der Waals surface area contributed by atoms with E-state index < -0.39 is 0 Å². The molecule has 10 heteroatoms. The number of piperidine rings is 1. The Bertz CT molecular complexity index is 1250. The zero-order chi connectivity index (χ0) is 24.2. The predicted molar refractivity (Wildman–Crippen MR) is 126 cm³/mol. The molecule has 4 heterocycles. The van der Waals surface area contributed by atoms with E-state index in [0.29, 0.717) is 60.3 Å². The van der Waals surface area contributed by atoms with Crippen LogP contribution in [0.15, 0.2) is 35.1 Å². The van der Waals surface area contributed by atoms with Crippen LogP contribution in [0.2, 0.25) is 0 Å². The van der Waals surface area contributed by atoms with Crippen LogP contribution in [0.5, 0.6) is 11.8 Å². The lowest BCUT2D eigenvalue weighted by Crippen LogP contribution is -2.51. The second kappa shape index (κ2) is 10.1. The monoisotopic (exact) mass is 464 g/mol. The summed E-state index contributed by atoms with van der Waals surface area (Å²) in [6.07, 6.45) is 0.163. The summed E-state index contributed by atoms with van der Waals surface area (Å²) in [4.78, 5) is 19.2. The average Bonchev–Trinajstić information content (AvgIpc) is 2.83. The van der Waals surface area contributed by atoms with Gasteiger partial charge in [0.25, 0.3) is 5.56 Å². The Labute approximate surface area is 197 Å². The summed E-state index contributed by atoms with van der Waals surface area (Å²) < 4.78 is 19.2. The molecule has 0 N–H and O–H groups in total. The number of rotatable bonds is 7. The van der Waals surface area contributed by atoms with Crippen LogP contribution < -0.4 is 19.9 Å². The SMILES string of the molecule is CCO[C@H]1CN(c2cc(=O)n(C)c3ccc(C#N)nc23)CC[C@H]1Oc1ccc(OC(C)C)nn1. The van der Waals surface area contributed by atoms with Crippen molar-refractivity contribution in [1.29, 1.82) is 5.26 Å². The van der Waals surface area contributed by atoms with E-state index in [1.54, 1.807) is 37.4 Å². The van der Waals surface area contributed by atoms with Crippen LogP contribution in [0.3, 0.4) is 0 Å². The quantitative estimate of drug-likeness (QED) is 0.520. The van der Waals surface area contributed by atoms with Crippen molar-refractivity contribution in [2.45, 2.75) is 45.5 Å². The average molecular weight is 465 g/mol. The number of nitrogens with zero attached hydrogens (tertiary/aromatic N) is 6. The van der Waals surface area contributed by atoms with Crippen molar-refractivity contribution in [3.63, 3.8) is 0 Å². The first-order chi connectivity index (χ1) is 16.4. The smallest absolute Gasteiger partial charge is 0.252 e. The normalized spacial score (nSPS) is 18.2. The zero-order valence-electron chi connectivity index (χ0n) is 19.8. The summed E-state index contributed by atoms with van der Waals surface area (Å²) in [5.41, 5.74) is 2.14. The van der Waals surface area contributed by atoms with Gasteiger partial charge in [0.2, 0.25) is 11.8 Å². The minimum absolute atomic E-state index is 0.0114. The van der Waals surface area contributed by atoms with Crippen molar-refractivity contribution in [2.24, 2.45) is 7.05 Å². The number of nitriles is 1. The largest absolute Gasteiger partial charge is 0.474 e. The van der Waals surface area contributed by atoms with Gasteiger partial charge in [-0.25, -0.2) is 4.98 Å². The maximum Gasteiger partial charge on any atom is 0.252 e. The summed E-state index contributed by atoms with van der Waals surface area (Å²) in [5, 5.41) is 17.5. The van der Waals surface area contributed by atoms with Gasteiger partial charge in [0.15, 0.2) is 0 Å². The molecule has 0 amide bonds. The number of aromatic nitrogens is 4. The van der Waals surface area contributed by atoms with Crippen LogP contribution in [-0.2, 0) is 11.8 Å². The minimum Gasteiger partial charge on any atom is -0.474 e. The number of pyridine rings is 2. The summed E-state index contributed by atoms with van der Waals surface area (Å²) in [6, 6.07) is 10.5. The number of fused-ring (bicyclic) bond motifs is 1. The minimum atomic E-state index is -0.259. The molecular weight excluding hydrogens is 436 g/mol. The topological polar surface area (TPSA) is 115 Å². The summed E-state index contributed by atoms with van der Waals surface area (Å²) in [7, 11) is 1.70. The van der Waals surface area contributed by atoms with Gasteiger partial charge in [-0.15, -0.1) is 10.2 Å². The molecule has 1 aliphatic heterocycles. The van der Waals surface area contributed by atoms with Crippen LogP contribution in [0, 0.1) is 11.3 Å². The lowest BCUT2D eigenvalue weighted by molar-refractivity contribution is -0.0299. The molecular formula is C24H28N6O4. The molecule has 1 saturated heterocycles. The molecule has 0 aliphatic carbocycles. The Morgan fingerprint density at radius 1 is 1.18 bits per heavy atom. The van der Waals surface area contributed by atoms with Crippen LogP contribution in [0.25, 0.3) is 11.0 Å². The second-order valence-electron chi connectivity index (χ2n) is 8.36. The number of ether oxygens (including phenoxy) is 3. The van der Waals surface area contributed by atoms with Crippen LogP contribution in [0.1, 0.15) is 32.9 Å². The number of hydrogen-bond donors (Lipinski definition) is 0. The highest BCUT2D eigenvalue weighted by Gasteiger charge is 2.33. The molecule has 3 aromatic heterocycles. The Morgan fingerprint density at radius 2 is 1.94 bits per heavy atom. The van der Waals surface area contributed by atoms with Gasteiger partial charge in [-0.3, -0.25) is 4.79 Å². The van der Waals surface area contributed by atoms with Gasteiger partial charge in [-0.05, 0) is 32.9 Å². The first kappa shape index (κ1) is 23.4. The van der Waals surface area contributed by atoms with E-state index in [-0.39, 0.29) is 23.9 Å². The summed E-state index contributed by atoms with van der Waals surface area (Å²) in [5.74, 6) is 0.846. The Kier molecular flexibility index (Phi) is 6.93. The molecule has 0 bridgehead atoms. The predicted octanol–water partition coefficient (Wildman–Crippen LogP) is 2.45. The number of hydrogen-bond acceptors (Lipinski definition) is 9. The fraction of sp³-hybridized carbons (Fsp3) is 0.458. The molecule has 0 unspecified atom stereocenters. The molecule has 4 rings (SSSR count). The van der Waals surface area contributed by atoms with Crippen molar-refractivity contribution in [2.75, 3.05) is 24.6 Å². The first-order valence-corrected chi connectivity index (χ1v) is 11.3. The lowest BCUT2D eigenvalue weighted by atomic mass is 10.0.